The average Bonchev–Trinajstić information content (AvgIpc) is 2.58. The Morgan fingerprint density at radius 3 is 2.22 bits per heavy atom. The van der Waals surface area contributed by atoms with E-state index in [1.165, 1.54) is 12.1 Å². The minimum Gasteiger partial charge on any atom is -0.508 e. The average molecular weight is 275 g/mol. The lowest BCUT2D eigenvalue weighted by Gasteiger charge is -2.16. The Morgan fingerprint density at radius 2 is 1.78 bits per heavy atom. The van der Waals surface area contributed by atoms with Crippen molar-refractivity contribution in [3.05, 3.63) is 18.2 Å². The summed E-state index contributed by atoms with van der Waals surface area (Å²) in [6.07, 6.45) is -0.449. The number of benzene rings is 1. The number of amides is 1. The molecule has 0 spiro atoms. The van der Waals surface area contributed by atoms with E-state index < -0.39 is 27.8 Å². The van der Waals surface area contributed by atoms with Crippen LogP contribution in [-0.2, 0) is 15.0 Å². The van der Waals surface area contributed by atoms with Crippen LogP contribution in [-0.4, -0.2) is 36.3 Å². The van der Waals surface area contributed by atoms with Crippen molar-refractivity contribution in [2.24, 2.45) is 0 Å². The second kappa shape index (κ2) is 4.13. The lowest BCUT2D eigenvalue weighted by atomic mass is 10.2. The molecule has 1 saturated heterocycles. The first-order valence-electron chi connectivity index (χ1n) is 5.04. The van der Waals surface area contributed by atoms with E-state index in [9.17, 15) is 27.3 Å². The molecule has 1 unspecified atom stereocenters. The van der Waals surface area contributed by atoms with Crippen molar-refractivity contribution in [3.63, 3.8) is 0 Å². The fourth-order valence-electron chi connectivity index (χ4n) is 1.85. The highest BCUT2D eigenvalue weighted by Gasteiger charge is 2.39. The fourth-order valence-corrected chi connectivity index (χ4v) is 2.52. The highest BCUT2D eigenvalue weighted by atomic mass is 32.3. The van der Waals surface area contributed by atoms with Gasteiger partial charge in [0.05, 0.1) is 5.69 Å². The Balaban J connectivity index is 2.32. The normalized spacial score (nSPS) is 20.4. The summed E-state index contributed by atoms with van der Waals surface area (Å²) in [5.74, 6) is -1.13. The third-order valence-corrected chi connectivity index (χ3v) is 3.80. The second-order valence-electron chi connectivity index (χ2n) is 4.01. The molecule has 98 valence electrons. The number of halogens is 1. The Bertz CT molecular complexity index is 580. The maximum Gasteiger partial charge on any atom is 0.307 e. The van der Waals surface area contributed by atoms with E-state index in [4.69, 9.17) is 0 Å². The van der Waals surface area contributed by atoms with Gasteiger partial charge in [0.15, 0.2) is 0 Å². The van der Waals surface area contributed by atoms with Gasteiger partial charge in [-0.05, 0) is 0 Å². The van der Waals surface area contributed by atoms with Crippen LogP contribution in [0.5, 0.6) is 11.5 Å². The monoisotopic (exact) mass is 275 g/mol. The first-order valence-corrected chi connectivity index (χ1v) is 6.49. The van der Waals surface area contributed by atoms with Gasteiger partial charge in [-0.3, -0.25) is 4.79 Å². The fraction of sp³-hybridized carbons (Fsp3) is 0.300. The van der Waals surface area contributed by atoms with Crippen LogP contribution in [0.3, 0.4) is 0 Å². The maximum atomic E-state index is 12.8. The smallest absolute Gasteiger partial charge is 0.307 e. The van der Waals surface area contributed by atoms with Gasteiger partial charge in [-0.15, -0.1) is 3.89 Å². The van der Waals surface area contributed by atoms with Crippen LogP contribution in [0.15, 0.2) is 18.2 Å². The van der Waals surface area contributed by atoms with Gasteiger partial charge in [0.2, 0.25) is 5.91 Å². The molecule has 8 heteroatoms. The lowest BCUT2D eigenvalue weighted by Crippen LogP contribution is -2.26. The third kappa shape index (κ3) is 2.37. The van der Waals surface area contributed by atoms with E-state index in [0.717, 1.165) is 11.0 Å². The molecule has 1 aromatic carbocycles. The predicted molar refractivity (Wildman–Crippen MR) is 60.6 cm³/mol. The molecule has 2 N–H and O–H groups in total. The molecular formula is C10H10FNO5S. The molecule has 1 heterocycles. The molecule has 0 bridgehead atoms. The van der Waals surface area contributed by atoms with E-state index in [2.05, 4.69) is 0 Å². The van der Waals surface area contributed by atoms with Gasteiger partial charge < -0.3 is 15.1 Å². The van der Waals surface area contributed by atoms with E-state index in [-0.39, 0.29) is 23.7 Å². The zero-order valence-corrected chi connectivity index (χ0v) is 9.89. The zero-order valence-electron chi connectivity index (χ0n) is 9.08. The molecule has 0 saturated carbocycles. The molecular weight excluding hydrogens is 265 g/mol. The Labute approximate surface area is 102 Å². The SMILES string of the molecule is O=C1CC(S(=O)(=O)F)CN1c1cc(O)cc(O)c1. The zero-order chi connectivity index (χ0) is 13.5. The van der Waals surface area contributed by atoms with Crippen molar-refractivity contribution >= 4 is 21.8 Å². The molecule has 1 atom stereocenters. The summed E-state index contributed by atoms with van der Waals surface area (Å²) in [5.41, 5.74) is 0.128. The first-order chi connectivity index (χ1) is 8.27. The molecule has 1 aliphatic heterocycles. The highest BCUT2D eigenvalue weighted by Crippen LogP contribution is 2.31. The largest absolute Gasteiger partial charge is 0.508 e. The highest BCUT2D eigenvalue weighted by molar-refractivity contribution is 7.87. The number of carbonyl (C=O) groups excluding carboxylic acids is 1. The topological polar surface area (TPSA) is 94.9 Å². The number of nitrogens with zero attached hydrogens (tertiary/aromatic N) is 1. The molecule has 1 aliphatic rings. The summed E-state index contributed by atoms with van der Waals surface area (Å²) >= 11 is 0. The van der Waals surface area contributed by atoms with E-state index in [0.29, 0.717) is 0 Å². The summed E-state index contributed by atoms with van der Waals surface area (Å²) in [6, 6.07) is 3.43. The third-order valence-electron chi connectivity index (χ3n) is 2.69. The molecule has 18 heavy (non-hydrogen) atoms. The molecule has 0 aromatic heterocycles. The van der Waals surface area contributed by atoms with Gasteiger partial charge >= 0.3 is 10.2 Å². The van der Waals surface area contributed by atoms with Gasteiger partial charge in [-0.25, -0.2) is 0 Å². The maximum absolute atomic E-state index is 12.8. The molecule has 1 aromatic rings. The van der Waals surface area contributed by atoms with E-state index in [1.807, 2.05) is 0 Å². The second-order valence-corrected chi connectivity index (χ2v) is 5.63. The summed E-state index contributed by atoms with van der Waals surface area (Å²) < 4.78 is 34.3. The Morgan fingerprint density at radius 1 is 1.22 bits per heavy atom. The van der Waals surface area contributed by atoms with Crippen molar-refractivity contribution < 1.29 is 27.3 Å². The van der Waals surface area contributed by atoms with Gasteiger partial charge in [0.1, 0.15) is 16.7 Å². The molecule has 1 amide bonds. The summed E-state index contributed by atoms with van der Waals surface area (Å²) in [7, 11) is -4.78. The number of phenols is 2. The number of anilines is 1. The predicted octanol–water partition coefficient (Wildman–Crippen LogP) is 0.502. The molecule has 2 rings (SSSR count). The Hall–Kier alpha value is -1.83. The number of phenolic OH excluding ortho intramolecular Hbond substituents is 2. The number of carbonyl (C=O) groups is 1. The van der Waals surface area contributed by atoms with Crippen molar-refractivity contribution in [2.45, 2.75) is 11.7 Å². The summed E-state index contributed by atoms with van der Waals surface area (Å²) in [5, 5.41) is 17.1. The first kappa shape index (κ1) is 12.6. The molecule has 0 radical (unpaired) electrons. The van der Waals surface area contributed by atoms with Crippen molar-refractivity contribution in [2.75, 3.05) is 11.4 Å². The standard InChI is InChI=1S/C10H10FNO5S/c11-18(16,17)9-4-10(15)12(5-9)6-1-7(13)3-8(14)2-6/h1-3,9,13-14H,4-5H2. The van der Waals surface area contributed by atoms with Gasteiger partial charge in [-0.1, -0.05) is 0 Å². The van der Waals surface area contributed by atoms with E-state index >= 15 is 0 Å². The number of hydrogen-bond acceptors (Lipinski definition) is 5. The molecule has 6 nitrogen and oxygen atoms in total. The quantitative estimate of drug-likeness (QED) is 0.766. The van der Waals surface area contributed by atoms with Crippen LogP contribution in [0.4, 0.5) is 9.57 Å². The van der Waals surface area contributed by atoms with Crippen LogP contribution < -0.4 is 4.90 Å². The molecule has 0 aliphatic carbocycles. The number of hydrogen-bond donors (Lipinski definition) is 2. The van der Waals surface area contributed by atoms with Gasteiger partial charge in [-0.2, -0.15) is 8.42 Å². The lowest BCUT2D eigenvalue weighted by molar-refractivity contribution is -0.117. The van der Waals surface area contributed by atoms with Gasteiger partial charge in [0.25, 0.3) is 0 Å². The van der Waals surface area contributed by atoms with E-state index in [1.54, 1.807) is 0 Å². The van der Waals surface area contributed by atoms with Crippen molar-refractivity contribution in [1.29, 1.82) is 0 Å². The Kier molecular flexibility index (Phi) is 2.89. The molecule has 1 fully saturated rings. The minimum absolute atomic E-state index is 0.128. The van der Waals surface area contributed by atoms with Crippen LogP contribution in [0, 0.1) is 0 Å². The number of rotatable bonds is 2. The summed E-state index contributed by atoms with van der Waals surface area (Å²) in [4.78, 5) is 12.6. The van der Waals surface area contributed by atoms with Crippen LogP contribution >= 0.6 is 0 Å². The van der Waals surface area contributed by atoms with Gasteiger partial charge in [0, 0.05) is 31.2 Å². The minimum atomic E-state index is -4.78. The van der Waals surface area contributed by atoms with Crippen LogP contribution in [0.1, 0.15) is 6.42 Å². The van der Waals surface area contributed by atoms with Crippen LogP contribution in [0.25, 0.3) is 0 Å². The van der Waals surface area contributed by atoms with Crippen molar-refractivity contribution in [1.82, 2.24) is 0 Å². The van der Waals surface area contributed by atoms with Crippen molar-refractivity contribution in [3.8, 4) is 11.5 Å². The van der Waals surface area contributed by atoms with Crippen LogP contribution in [0.2, 0.25) is 0 Å². The summed E-state index contributed by atoms with van der Waals surface area (Å²) in [6.45, 7) is -0.333. The number of aromatic hydroxyl groups is 2.